The lowest BCUT2D eigenvalue weighted by Gasteiger charge is -2.29. The molecule has 2 aliphatic rings. The highest BCUT2D eigenvalue weighted by Gasteiger charge is 2.37. The number of amides is 1. The fraction of sp³-hybridized carbons (Fsp3) is 0.524. The highest BCUT2D eigenvalue weighted by Crippen LogP contribution is 2.38. The number of aromatic nitrogens is 2. The Morgan fingerprint density at radius 3 is 2.67 bits per heavy atom. The van der Waals surface area contributed by atoms with Gasteiger partial charge in [0.25, 0.3) is 5.91 Å². The van der Waals surface area contributed by atoms with E-state index in [9.17, 15) is 18.0 Å². The van der Waals surface area contributed by atoms with E-state index in [0.29, 0.717) is 23.5 Å². The molecule has 162 valence electrons. The minimum absolute atomic E-state index is 0.0480. The van der Waals surface area contributed by atoms with Gasteiger partial charge in [-0.3, -0.25) is 14.8 Å². The first-order chi connectivity index (χ1) is 14.2. The predicted octanol–water partition coefficient (Wildman–Crippen LogP) is 4.05. The number of likely N-dealkylation sites (tertiary alicyclic amines) is 1. The summed E-state index contributed by atoms with van der Waals surface area (Å²) in [4.78, 5) is 16.8. The van der Waals surface area contributed by atoms with Crippen molar-refractivity contribution in [3.05, 3.63) is 41.2 Å². The second kappa shape index (κ2) is 7.94. The number of hydrogen-bond acceptors (Lipinski definition) is 4. The molecule has 0 saturated carbocycles. The van der Waals surface area contributed by atoms with E-state index in [4.69, 9.17) is 0 Å². The molecule has 2 aliphatic heterocycles. The lowest BCUT2D eigenvalue weighted by Crippen LogP contribution is -2.39. The van der Waals surface area contributed by atoms with Gasteiger partial charge in [0.2, 0.25) is 0 Å². The average Bonchev–Trinajstić information content (AvgIpc) is 3.42. The van der Waals surface area contributed by atoms with Gasteiger partial charge in [-0.15, -0.1) is 0 Å². The number of benzene rings is 1. The van der Waals surface area contributed by atoms with Crippen LogP contribution in [0.15, 0.2) is 24.3 Å². The standard InChI is InChI=1S/C21H26F3N5O/c1-13-10-19(27-26-13)20(30)25-18-6-5-15(11-17(18)21(22,23)24)28-9-7-16(12-28)29-8-3-4-14(29)2/h5-6,10-11,14,16H,3-4,7-9,12H2,1-2H3,(H,25,30)(H,26,27). The highest BCUT2D eigenvalue weighted by atomic mass is 19.4. The molecular formula is C21H26F3N5O. The maximum atomic E-state index is 13.7. The second-order valence-corrected chi connectivity index (χ2v) is 8.24. The smallest absolute Gasteiger partial charge is 0.370 e. The first kappa shape index (κ1) is 20.7. The Hall–Kier alpha value is -2.55. The zero-order chi connectivity index (χ0) is 21.5. The van der Waals surface area contributed by atoms with Crippen LogP contribution in [0.25, 0.3) is 0 Å². The van der Waals surface area contributed by atoms with E-state index in [2.05, 4.69) is 27.3 Å². The van der Waals surface area contributed by atoms with Gasteiger partial charge in [-0.25, -0.2) is 0 Å². The largest absolute Gasteiger partial charge is 0.418 e. The molecule has 2 aromatic rings. The maximum Gasteiger partial charge on any atom is 0.418 e. The van der Waals surface area contributed by atoms with Crippen LogP contribution >= 0.6 is 0 Å². The van der Waals surface area contributed by atoms with Crippen molar-refractivity contribution in [3.8, 4) is 0 Å². The van der Waals surface area contributed by atoms with Gasteiger partial charge in [-0.1, -0.05) is 0 Å². The average molecular weight is 421 g/mol. The Balaban J connectivity index is 1.54. The molecule has 1 aromatic carbocycles. The molecule has 6 nitrogen and oxygen atoms in total. The fourth-order valence-corrected chi connectivity index (χ4v) is 4.54. The third-order valence-corrected chi connectivity index (χ3v) is 6.10. The number of rotatable bonds is 4. The first-order valence-corrected chi connectivity index (χ1v) is 10.3. The van der Waals surface area contributed by atoms with Gasteiger partial charge in [0.1, 0.15) is 0 Å². The summed E-state index contributed by atoms with van der Waals surface area (Å²) in [6, 6.07) is 6.52. The van der Waals surface area contributed by atoms with E-state index in [1.54, 1.807) is 13.0 Å². The Morgan fingerprint density at radius 1 is 1.23 bits per heavy atom. The molecule has 4 rings (SSSR count). The molecule has 9 heteroatoms. The van der Waals surface area contributed by atoms with Crippen LogP contribution in [-0.4, -0.2) is 52.7 Å². The Labute approximate surface area is 173 Å². The van der Waals surface area contributed by atoms with Crippen LogP contribution in [0.1, 0.15) is 47.9 Å². The summed E-state index contributed by atoms with van der Waals surface area (Å²) in [5, 5.41) is 8.77. The summed E-state index contributed by atoms with van der Waals surface area (Å²) in [7, 11) is 0. The van der Waals surface area contributed by atoms with Gasteiger partial charge in [0, 0.05) is 36.6 Å². The molecule has 30 heavy (non-hydrogen) atoms. The molecule has 2 fully saturated rings. The number of hydrogen-bond donors (Lipinski definition) is 2. The molecular weight excluding hydrogens is 395 g/mol. The number of nitrogens with one attached hydrogen (secondary N) is 2. The van der Waals surface area contributed by atoms with Gasteiger partial charge in [0.15, 0.2) is 5.69 Å². The van der Waals surface area contributed by atoms with Gasteiger partial charge >= 0.3 is 6.18 Å². The number of carbonyl (C=O) groups is 1. The molecule has 3 heterocycles. The molecule has 0 spiro atoms. The number of carbonyl (C=O) groups excluding carboxylic acids is 1. The van der Waals surface area contributed by atoms with Crippen molar-refractivity contribution in [2.24, 2.45) is 0 Å². The van der Waals surface area contributed by atoms with Gasteiger partial charge in [-0.05, 0) is 63.9 Å². The number of alkyl halides is 3. The van der Waals surface area contributed by atoms with Crippen LogP contribution in [0.3, 0.4) is 0 Å². The van der Waals surface area contributed by atoms with Crippen LogP contribution < -0.4 is 10.2 Å². The number of H-pyrrole nitrogens is 1. The minimum atomic E-state index is -4.58. The Bertz CT molecular complexity index is 926. The van der Waals surface area contributed by atoms with Crippen molar-refractivity contribution in [1.29, 1.82) is 0 Å². The zero-order valence-electron chi connectivity index (χ0n) is 17.1. The number of nitrogens with zero attached hydrogens (tertiary/aromatic N) is 3. The molecule has 2 saturated heterocycles. The lowest BCUT2D eigenvalue weighted by molar-refractivity contribution is -0.136. The van der Waals surface area contributed by atoms with Crippen molar-refractivity contribution in [2.75, 3.05) is 29.9 Å². The fourth-order valence-electron chi connectivity index (χ4n) is 4.54. The Kier molecular flexibility index (Phi) is 5.48. The molecule has 2 atom stereocenters. The number of anilines is 2. The molecule has 0 aliphatic carbocycles. The number of aromatic amines is 1. The van der Waals surface area contributed by atoms with Crippen molar-refractivity contribution < 1.29 is 18.0 Å². The van der Waals surface area contributed by atoms with Gasteiger partial charge < -0.3 is 10.2 Å². The van der Waals surface area contributed by atoms with E-state index in [0.717, 1.165) is 32.1 Å². The summed E-state index contributed by atoms with van der Waals surface area (Å²) in [6.45, 7) is 6.44. The highest BCUT2D eigenvalue weighted by molar-refractivity contribution is 6.03. The van der Waals surface area contributed by atoms with E-state index in [-0.39, 0.29) is 11.4 Å². The van der Waals surface area contributed by atoms with Gasteiger partial charge in [0.05, 0.1) is 11.3 Å². The van der Waals surface area contributed by atoms with Crippen molar-refractivity contribution >= 4 is 17.3 Å². The van der Waals surface area contributed by atoms with Gasteiger partial charge in [-0.2, -0.15) is 18.3 Å². The lowest BCUT2D eigenvalue weighted by atomic mass is 10.1. The summed E-state index contributed by atoms with van der Waals surface area (Å²) in [5.41, 5.74) is 0.124. The summed E-state index contributed by atoms with van der Waals surface area (Å²) < 4.78 is 41.2. The summed E-state index contributed by atoms with van der Waals surface area (Å²) in [5.74, 6) is -0.679. The normalized spacial score (nSPS) is 22.6. The van der Waals surface area contributed by atoms with Crippen LogP contribution in [0.4, 0.5) is 24.5 Å². The zero-order valence-corrected chi connectivity index (χ0v) is 17.1. The Morgan fingerprint density at radius 2 is 2.03 bits per heavy atom. The van der Waals surface area contributed by atoms with Crippen molar-refractivity contribution in [2.45, 2.75) is 51.4 Å². The third-order valence-electron chi connectivity index (χ3n) is 6.10. The maximum absolute atomic E-state index is 13.7. The van der Waals surface area contributed by atoms with Crippen molar-refractivity contribution in [3.63, 3.8) is 0 Å². The van der Waals surface area contributed by atoms with E-state index in [1.807, 2.05) is 4.90 Å². The SMILES string of the molecule is Cc1cc(C(=O)Nc2ccc(N3CCC(N4CCCC4C)C3)cc2C(F)(F)F)n[nH]1. The van der Waals surface area contributed by atoms with Crippen LogP contribution in [0.5, 0.6) is 0 Å². The van der Waals surface area contributed by atoms with E-state index >= 15 is 0 Å². The molecule has 1 aromatic heterocycles. The molecule has 0 radical (unpaired) electrons. The number of aryl methyl sites for hydroxylation is 1. The topological polar surface area (TPSA) is 64.3 Å². The quantitative estimate of drug-likeness (QED) is 0.782. The van der Waals surface area contributed by atoms with Crippen LogP contribution in [0.2, 0.25) is 0 Å². The molecule has 0 bridgehead atoms. The minimum Gasteiger partial charge on any atom is -0.370 e. The van der Waals surface area contributed by atoms with Crippen LogP contribution in [-0.2, 0) is 6.18 Å². The summed E-state index contributed by atoms with van der Waals surface area (Å²) in [6.07, 6.45) is -1.27. The van der Waals surface area contributed by atoms with Crippen LogP contribution in [0, 0.1) is 6.92 Å². The second-order valence-electron chi connectivity index (χ2n) is 8.24. The molecule has 2 unspecified atom stereocenters. The van der Waals surface area contributed by atoms with Crippen molar-refractivity contribution in [1.82, 2.24) is 15.1 Å². The predicted molar refractivity (Wildman–Crippen MR) is 109 cm³/mol. The number of halogens is 3. The molecule has 1 amide bonds. The van der Waals surface area contributed by atoms with E-state index in [1.165, 1.54) is 25.0 Å². The third kappa shape index (κ3) is 4.16. The first-order valence-electron chi connectivity index (χ1n) is 10.3. The summed E-state index contributed by atoms with van der Waals surface area (Å²) >= 11 is 0. The van der Waals surface area contributed by atoms with E-state index < -0.39 is 17.6 Å². The monoisotopic (exact) mass is 421 g/mol. The molecule has 2 N–H and O–H groups in total.